The lowest BCUT2D eigenvalue weighted by molar-refractivity contribution is -0.274. The summed E-state index contributed by atoms with van der Waals surface area (Å²) in [6, 6.07) is 12.7. The van der Waals surface area contributed by atoms with E-state index in [4.69, 9.17) is 0 Å². The van der Waals surface area contributed by atoms with Crippen molar-refractivity contribution in [3.8, 4) is 5.75 Å². The summed E-state index contributed by atoms with van der Waals surface area (Å²) in [5.74, 6) is -1.21. The second kappa shape index (κ2) is 13.2. The number of halogens is 3. The molecule has 4 rings (SSSR count). The Hall–Kier alpha value is -4.17. The lowest BCUT2D eigenvalue weighted by Gasteiger charge is -2.39. The minimum atomic E-state index is -4.94. The number of carbonyl (C=O) groups excluding carboxylic acids is 2. The van der Waals surface area contributed by atoms with E-state index in [1.165, 1.54) is 17.3 Å². The summed E-state index contributed by atoms with van der Waals surface area (Å²) in [6.45, 7) is 1.68. The van der Waals surface area contributed by atoms with Crippen LogP contribution in [0.3, 0.4) is 0 Å². The minimum Gasteiger partial charge on any atom is -0.406 e. The monoisotopic (exact) mass is 605 g/mol. The zero-order chi connectivity index (χ0) is 30.3. The second-order valence-electron chi connectivity index (χ2n) is 9.55. The van der Waals surface area contributed by atoms with E-state index in [2.05, 4.69) is 27.3 Å². The Morgan fingerprint density at radius 3 is 2.24 bits per heavy atom. The SMILES string of the molecule is CCCc1ccc(CNC(=O)[C@H]2CN(C(=O)Nc3ccncc3)CCN2S(=O)(=O)c2ccc(OC(F)(F)F)cc2)cc1. The van der Waals surface area contributed by atoms with Gasteiger partial charge in [-0.25, -0.2) is 13.2 Å². The molecule has 0 bridgehead atoms. The lowest BCUT2D eigenvalue weighted by atomic mass is 10.1. The zero-order valence-electron chi connectivity index (χ0n) is 22.7. The molecule has 1 atom stereocenters. The number of hydrogen-bond donors (Lipinski definition) is 2. The largest absolute Gasteiger partial charge is 0.573 e. The molecule has 1 fully saturated rings. The summed E-state index contributed by atoms with van der Waals surface area (Å²) >= 11 is 0. The van der Waals surface area contributed by atoms with Gasteiger partial charge in [-0.15, -0.1) is 13.2 Å². The standard InChI is InChI=1S/C28H30F3N5O5S/c1-2-3-20-4-6-21(7-5-20)18-33-26(37)25-19-35(27(38)34-22-12-14-32-15-13-22)16-17-36(25)42(39,40)24-10-8-23(9-11-24)41-28(29,30)31/h4-15,25H,2-3,16-19H2,1H3,(H,33,37)(H,32,34,38)/t25-/m1/s1. The number of ether oxygens (including phenoxy) is 1. The van der Waals surface area contributed by atoms with Crippen LogP contribution in [0.5, 0.6) is 5.75 Å². The molecule has 2 heterocycles. The van der Waals surface area contributed by atoms with Crippen LogP contribution in [0, 0.1) is 0 Å². The van der Waals surface area contributed by atoms with Crippen LogP contribution in [0.15, 0.2) is 78.0 Å². The van der Waals surface area contributed by atoms with Crippen molar-refractivity contribution in [3.63, 3.8) is 0 Å². The molecule has 2 N–H and O–H groups in total. The highest BCUT2D eigenvalue weighted by molar-refractivity contribution is 7.89. The number of aryl methyl sites for hydroxylation is 1. The fourth-order valence-electron chi connectivity index (χ4n) is 4.46. The molecule has 10 nitrogen and oxygen atoms in total. The molecule has 0 spiro atoms. The van der Waals surface area contributed by atoms with Gasteiger partial charge in [0.25, 0.3) is 0 Å². The van der Waals surface area contributed by atoms with Crippen molar-refractivity contribution in [2.75, 3.05) is 25.0 Å². The van der Waals surface area contributed by atoms with Crippen LogP contribution in [0.25, 0.3) is 0 Å². The summed E-state index contributed by atoms with van der Waals surface area (Å²) < 4.78 is 69.7. The number of benzene rings is 2. The van der Waals surface area contributed by atoms with Gasteiger partial charge in [-0.1, -0.05) is 37.6 Å². The highest BCUT2D eigenvalue weighted by Gasteiger charge is 2.41. The number of hydrogen-bond acceptors (Lipinski definition) is 6. The number of rotatable bonds is 9. The Balaban J connectivity index is 1.54. The first kappa shape index (κ1) is 30.8. The van der Waals surface area contributed by atoms with Crippen molar-refractivity contribution in [3.05, 3.63) is 84.2 Å². The van der Waals surface area contributed by atoms with E-state index in [1.807, 2.05) is 24.3 Å². The maximum Gasteiger partial charge on any atom is 0.573 e. The predicted octanol–water partition coefficient (Wildman–Crippen LogP) is 4.16. The first-order valence-electron chi connectivity index (χ1n) is 13.2. The molecule has 0 radical (unpaired) electrons. The number of pyridine rings is 1. The molecule has 1 saturated heterocycles. The van der Waals surface area contributed by atoms with Crippen LogP contribution in [0.4, 0.5) is 23.7 Å². The number of urea groups is 1. The molecule has 2 aromatic carbocycles. The number of carbonyl (C=O) groups is 2. The smallest absolute Gasteiger partial charge is 0.406 e. The Kier molecular flexibility index (Phi) is 9.68. The summed E-state index contributed by atoms with van der Waals surface area (Å²) in [5, 5.41) is 5.46. The van der Waals surface area contributed by atoms with E-state index in [0.29, 0.717) is 5.69 Å². The summed E-state index contributed by atoms with van der Waals surface area (Å²) in [4.78, 5) is 31.3. The molecule has 0 saturated carbocycles. The van der Waals surface area contributed by atoms with Gasteiger partial charge in [-0.3, -0.25) is 9.78 Å². The molecule has 0 aliphatic carbocycles. The first-order valence-corrected chi connectivity index (χ1v) is 14.6. The Bertz CT molecular complexity index is 1470. The highest BCUT2D eigenvalue weighted by Crippen LogP contribution is 2.27. The van der Waals surface area contributed by atoms with Crippen LogP contribution in [0.1, 0.15) is 24.5 Å². The van der Waals surface area contributed by atoms with E-state index in [0.717, 1.165) is 52.5 Å². The normalized spacial score (nSPS) is 16.1. The minimum absolute atomic E-state index is 0.0336. The van der Waals surface area contributed by atoms with Crippen molar-refractivity contribution < 1.29 is 35.9 Å². The van der Waals surface area contributed by atoms with Gasteiger partial charge in [-0.2, -0.15) is 4.31 Å². The molecule has 224 valence electrons. The van der Waals surface area contributed by atoms with Gasteiger partial charge in [0.1, 0.15) is 11.8 Å². The zero-order valence-corrected chi connectivity index (χ0v) is 23.5. The fourth-order valence-corrected chi connectivity index (χ4v) is 6.03. The number of aromatic nitrogens is 1. The van der Waals surface area contributed by atoms with Gasteiger partial charge in [0.05, 0.1) is 4.90 Å². The maximum absolute atomic E-state index is 13.6. The Labute approximate surface area is 241 Å². The highest BCUT2D eigenvalue weighted by atomic mass is 32.2. The summed E-state index contributed by atoms with van der Waals surface area (Å²) in [7, 11) is -4.35. The molecule has 0 unspecified atom stereocenters. The van der Waals surface area contributed by atoms with Crippen LogP contribution in [-0.4, -0.2) is 66.6 Å². The Morgan fingerprint density at radius 2 is 1.62 bits per heavy atom. The lowest BCUT2D eigenvalue weighted by Crippen LogP contribution is -2.61. The van der Waals surface area contributed by atoms with Gasteiger partial charge >= 0.3 is 12.4 Å². The Morgan fingerprint density at radius 1 is 0.976 bits per heavy atom. The van der Waals surface area contributed by atoms with Crippen molar-refractivity contribution in [2.24, 2.45) is 0 Å². The molecule has 14 heteroatoms. The number of piperazine rings is 1. The van der Waals surface area contributed by atoms with E-state index < -0.39 is 40.1 Å². The van der Waals surface area contributed by atoms with Crippen LogP contribution in [0.2, 0.25) is 0 Å². The third-order valence-electron chi connectivity index (χ3n) is 6.54. The fraction of sp³-hybridized carbons (Fsp3) is 0.321. The van der Waals surface area contributed by atoms with E-state index in [9.17, 15) is 31.2 Å². The third kappa shape index (κ3) is 7.97. The molecule has 42 heavy (non-hydrogen) atoms. The third-order valence-corrected chi connectivity index (χ3v) is 8.47. The van der Waals surface area contributed by atoms with Crippen LogP contribution < -0.4 is 15.4 Å². The van der Waals surface area contributed by atoms with E-state index >= 15 is 0 Å². The van der Waals surface area contributed by atoms with Crippen molar-refractivity contribution >= 4 is 27.6 Å². The molecular formula is C28H30F3N5O5S. The van der Waals surface area contributed by atoms with Gasteiger partial charge in [0.2, 0.25) is 15.9 Å². The maximum atomic E-state index is 13.6. The van der Waals surface area contributed by atoms with Gasteiger partial charge in [0, 0.05) is 44.3 Å². The number of amides is 3. The number of nitrogens with zero attached hydrogens (tertiary/aromatic N) is 3. The van der Waals surface area contributed by atoms with Gasteiger partial charge in [-0.05, 0) is 53.9 Å². The van der Waals surface area contributed by atoms with Gasteiger partial charge in [0.15, 0.2) is 0 Å². The van der Waals surface area contributed by atoms with Crippen LogP contribution in [-0.2, 0) is 27.8 Å². The quantitative estimate of drug-likeness (QED) is 0.378. The molecule has 1 aliphatic rings. The average Bonchev–Trinajstić information content (AvgIpc) is 2.96. The average molecular weight is 606 g/mol. The first-order chi connectivity index (χ1) is 20.0. The molecule has 1 aromatic heterocycles. The topological polar surface area (TPSA) is 121 Å². The molecular weight excluding hydrogens is 575 g/mol. The number of anilines is 1. The second-order valence-corrected chi connectivity index (χ2v) is 11.4. The number of alkyl halides is 3. The van der Waals surface area contributed by atoms with Crippen molar-refractivity contribution in [2.45, 2.75) is 43.6 Å². The van der Waals surface area contributed by atoms with Crippen molar-refractivity contribution in [1.29, 1.82) is 0 Å². The molecule has 3 amide bonds. The predicted molar refractivity (Wildman–Crippen MR) is 148 cm³/mol. The summed E-state index contributed by atoms with van der Waals surface area (Å²) in [5.41, 5.74) is 2.43. The number of nitrogens with one attached hydrogen (secondary N) is 2. The summed E-state index contributed by atoms with van der Waals surface area (Å²) in [6.07, 6.45) is -0.0347. The van der Waals surface area contributed by atoms with Crippen molar-refractivity contribution in [1.82, 2.24) is 19.5 Å². The molecule has 1 aliphatic heterocycles. The van der Waals surface area contributed by atoms with E-state index in [-0.39, 0.29) is 31.1 Å². The van der Waals surface area contributed by atoms with E-state index in [1.54, 1.807) is 12.1 Å². The molecule has 3 aromatic rings. The van der Waals surface area contributed by atoms with Crippen LogP contribution >= 0.6 is 0 Å². The number of sulfonamides is 1. The van der Waals surface area contributed by atoms with Gasteiger partial charge < -0.3 is 20.3 Å².